The Morgan fingerprint density at radius 2 is 1.31 bits per heavy atom. The van der Waals surface area contributed by atoms with Crippen LogP contribution in [0.5, 0.6) is 5.75 Å². The molecule has 0 fully saturated rings. The first-order valence-electron chi connectivity index (χ1n) is 12.4. The minimum absolute atomic E-state index is 0.0550. The summed E-state index contributed by atoms with van der Waals surface area (Å²) in [6.45, 7) is 13.6. The number of primary amides is 1. The minimum atomic E-state index is -1.30. The van der Waals surface area contributed by atoms with Gasteiger partial charge in [0.05, 0.1) is 12.5 Å². The standard InChI is InChI=1S/C25H29ClO6.C4H9NO2/c1-16(15-21(27)32-24(2,3)4)30-23(29)25(5,6)31-20-13-9-18(10-14-20)22(28)17-7-11-19(26)12-8-17;1-3(2)7-4(5)6/h7-14,16H,15H2,1-6H3;3H,1-2H3,(H2,5,6). The molecule has 10 heteroatoms. The molecule has 9 nitrogen and oxygen atoms in total. The molecule has 0 aliphatic heterocycles. The first-order chi connectivity index (χ1) is 17.9. The van der Waals surface area contributed by atoms with Gasteiger partial charge in [-0.15, -0.1) is 0 Å². The summed E-state index contributed by atoms with van der Waals surface area (Å²) >= 11 is 5.86. The second-order valence-corrected chi connectivity index (χ2v) is 10.9. The smallest absolute Gasteiger partial charge is 0.404 e. The number of carbonyl (C=O) groups excluding carboxylic acids is 4. The van der Waals surface area contributed by atoms with Crippen molar-refractivity contribution >= 4 is 35.4 Å². The molecule has 0 radical (unpaired) electrons. The summed E-state index contributed by atoms with van der Waals surface area (Å²) in [6.07, 6.45) is -1.53. The maximum Gasteiger partial charge on any atom is 0.404 e. The summed E-state index contributed by atoms with van der Waals surface area (Å²) in [5.74, 6) is -0.811. The van der Waals surface area contributed by atoms with Crippen LogP contribution in [-0.4, -0.2) is 47.2 Å². The first kappa shape index (κ1) is 33.4. The Morgan fingerprint density at radius 3 is 1.72 bits per heavy atom. The first-order valence-corrected chi connectivity index (χ1v) is 12.8. The molecule has 0 saturated heterocycles. The lowest BCUT2D eigenvalue weighted by molar-refractivity contribution is -0.169. The summed E-state index contributed by atoms with van der Waals surface area (Å²) in [6, 6.07) is 13.1. The molecule has 1 unspecified atom stereocenters. The van der Waals surface area contributed by atoms with Gasteiger partial charge in [-0.1, -0.05) is 11.6 Å². The lowest BCUT2D eigenvalue weighted by Crippen LogP contribution is -2.41. The fourth-order valence-corrected chi connectivity index (χ4v) is 3.12. The van der Waals surface area contributed by atoms with Crippen LogP contribution in [0.3, 0.4) is 0 Å². The van der Waals surface area contributed by atoms with Crippen LogP contribution in [-0.2, 0) is 23.8 Å². The van der Waals surface area contributed by atoms with E-state index in [1.54, 1.807) is 104 Å². The molecule has 0 aliphatic rings. The minimum Gasteiger partial charge on any atom is -0.476 e. The van der Waals surface area contributed by atoms with Crippen molar-refractivity contribution in [3.05, 3.63) is 64.7 Å². The van der Waals surface area contributed by atoms with E-state index in [-0.39, 0.29) is 18.3 Å². The predicted molar refractivity (Wildman–Crippen MR) is 148 cm³/mol. The number of benzene rings is 2. The van der Waals surface area contributed by atoms with Gasteiger partial charge in [0.1, 0.15) is 17.5 Å². The Balaban J connectivity index is 0.000000956. The fourth-order valence-electron chi connectivity index (χ4n) is 3.00. The number of nitrogens with two attached hydrogens (primary N) is 1. The van der Waals surface area contributed by atoms with Crippen LogP contribution in [0.2, 0.25) is 5.02 Å². The number of halogens is 1. The highest BCUT2D eigenvalue weighted by Gasteiger charge is 2.34. The third-order valence-corrected chi connectivity index (χ3v) is 4.87. The topological polar surface area (TPSA) is 131 Å². The number of carbonyl (C=O) groups is 4. The van der Waals surface area contributed by atoms with Gasteiger partial charge in [0.2, 0.25) is 0 Å². The number of ether oxygens (including phenoxy) is 4. The molecule has 2 aromatic carbocycles. The lowest BCUT2D eigenvalue weighted by atomic mass is 10.0. The molecule has 0 aliphatic carbocycles. The van der Waals surface area contributed by atoms with Gasteiger partial charge in [0, 0.05) is 16.1 Å². The van der Waals surface area contributed by atoms with Gasteiger partial charge in [-0.05, 0) is 104 Å². The van der Waals surface area contributed by atoms with E-state index in [1.807, 2.05) is 0 Å². The summed E-state index contributed by atoms with van der Waals surface area (Å²) in [7, 11) is 0. The van der Waals surface area contributed by atoms with Crippen molar-refractivity contribution < 1.29 is 38.1 Å². The monoisotopic (exact) mass is 563 g/mol. The van der Waals surface area contributed by atoms with Crippen molar-refractivity contribution in [3.63, 3.8) is 0 Å². The number of amides is 1. The van der Waals surface area contributed by atoms with Crippen LogP contribution < -0.4 is 10.5 Å². The molecule has 39 heavy (non-hydrogen) atoms. The maximum atomic E-state index is 12.6. The van der Waals surface area contributed by atoms with Crippen molar-refractivity contribution in [2.45, 2.75) is 85.2 Å². The zero-order chi connectivity index (χ0) is 30.0. The average Bonchev–Trinajstić information content (AvgIpc) is 2.77. The molecule has 0 bridgehead atoms. The quantitative estimate of drug-likeness (QED) is 0.227. The summed E-state index contributed by atoms with van der Waals surface area (Å²) in [5, 5.41) is 0.555. The Labute approximate surface area is 234 Å². The summed E-state index contributed by atoms with van der Waals surface area (Å²) < 4.78 is 20.8. The van der Waals surface area contributed by atoms with Crippen LogP contribution in [0.25, 0.3) is 0 Å². The van der Waals surface area contributed by atoms with Gasteiger partial charge in [0.15, 0.2) is 11.4 Å². The third-order valence-electron chi connectivity index (χ3n) is 4.62. The Morgan fingerprint density at radius 1 is 0.821 bits per heavy atom. The second-order valence-electron chi connectivity index (χ2n) is 10.5. The highest BCUT2D eigenvalue weighted by atomic mass is 35.5. The predicted octanol–water partition coefficient (Wildman–Crippen LogP) is 5.88. The van der Waals surface area contributed by atoms with Gasteiger partial charge in [-0.3, -0.25) is 9.59 Å². The molecule has 0 saturated carbocycles. The number of rotatable bonds is 9. The summed E-state index contributed by atoms with van der Waals surface area (Å²) in [4.78, 5) is 46.9. The molecule has 1 amide bonds. The van der Waals surface area contributed by atoms with Gasteiger partial charge in [-0.2, -0.15) is 0 Å². The van der Waals surface area contributed by atoms with Crippen molar-refractivity contribution in [2.24, 2.45) is 5.73 Å². The van der Waals surface area contributed by atoms with Crippen molar-refractivity contribution in [1.29, 1.82) is 0 Å². The maximum absolute atomic E-state index is 12.6. The van der Waals surface area contributed by atoms with Crippen molar-refractivity contribution in [1.82, 2.24) is 0 Å². The van der Waals surface area contributed by atoms with E-state index < -0.39 is 35.3 Å². The molecule has 2 N–H and O–H groups in total. The summed E-state index contributed by atoms with van der Waals surface area (Å²) in [5.41, 5.74) is 3.72. The van der Waals surface area contributed by atoms with Gasteiger partial charge < -0.3 is 24.7 Å². The van der Waals surface area contributed by atoms with Crippen LogP contribution in [0.4, 0.5) is 4.79 Å². The lowest BCUT2D eigenvalue weighted by Gasteiger charge is -2.26. The highest BCUT2D eigenvalue weighted by molar-refractivity contribution is 6.30. The average molecular weight is 564 g/mol. The molecular weight excluding hydrogens is 526 g/mol. The molecule has 0 spiro atoms. The van der Waals surface area contributed by atoms with Crippen LogP contribution in [0.1, 0.15) is 77.7 Å². The largest absolute Gasteiger partial charge is 0.476 e. The third kappa shape index (κ3) is 13.2. The Kier molecular flexibility index (Phi) is 12.5. The van der Waals surface area contributed by atoms with E-state index in [0.29, 0.717) is 21.9 Å². The molecule has 1 atom stereocenters. The molecule has 2 aromatic rings. The van der Waals surface area contributed by atoms with E-state index in [0.717, 1.165) is 0 Å². The van der Waals surface area contributed by atoms with E-state index in [9.17, 15) is 19.2 Å². The SMILES string of the molecule is CC(C)OC(N)=O.CC(CC(=O)OC(C)(C)C)OC(=O)C(C)(C)Oc1ccc(C(=O)c2ccc(Cl)cc2)cc1. The molecule has 2 rings (SSSR count). The Bertz CT molecular complexity index is 1120. The molecule has 0 aromatic heterocycles. The van der Waals surface area contributed by atoms with Gasteiger partial charge >= 0.3 is 18.0 Å². The molecule has 0 heterocycles. The molecular formula is C29H38ClNO8. The Hall–Kier alpha value is -3.59. The number of hydrogen-bond acceptors (Lipinski definition) is 8. The van der Waals surface area contributed by atoms with Crippen LogP contribution in [0, 0.1) is 0 Å². The normalized spacial score (nSPS) is 11.9. The van der Waals surface area contributed by atoms with Crippen LogP contribution >= 0.6 is 11.6 Å². The zero-order valence-corrected chi connectivity index (χ0v) is 24.5. The van der Waals surface area contributed by atoms with E-state index in [2.05, 4.69) is 10.5 Å². The van der Waals surface area contributed by atoms with Crippen molar-refractivity contribution in [2.75, 3.05) is 0 Å². The number of esters is 2. The van der Waals surface area contributed by atoms with Gasteiger partial charge in [0.25, 0.3) is 0 Å². The van der Waals surface area contributed by atoms with Crippen molar-refractivity contribution in [3.8, 4) is 5.75 Å². The van der Waals surface area contributed by atoms with Crippen LogP contribution in [0.15, 0.2) is 48.5 Å². The number of ketones is 1. The second kappa shape index (κ2) is 14.5. The van der Waals surface area contributed by atoms with E-state index >= 15 is 0 Å². The van der Waals surface area contributed by atoms with Gasteiger partial charge in [-0.25, -0.2) is 9.59 Å². The number of hydrogen-bond donors (Lipinski definition) is 1. The fraction of sp³-hybridized carbons (Fsp3) is 0.448. The highest BCUT2D eigenvalue weighted by Crippen LogP contribution is 2.23. The zero-order valence-electron chi connectivity index (χ0n) is 23.7. The van der Waals surface area contributed by atoms with E-state index in [4.69, 9.17) is 25.8 Å². The van der Waals surface area contributed by atoms with E-state index in [1.165, 1.54) is 0 Å². The molecule has 214 valence electrons.